The molecule has 2 aliphatic rings. The second-order valence-corrected chi connectivity index (χ2v) is 7.11. The minimum Gasteiger partial charge on any atom is -0.388 e. The minimum absolute atomic E-state index is 0.164. The maximum Gasteiger partial charge on any atom is 0.111 e. The van der Waals surface area contributed by atoms with Gasteiger partial charge in [-0.2, -0.15) is 5.26 Å². The Hall–Kier alpha value is -1.33. The third-order valence-corrected chi connectivity index (χ3v) is 6.23. The SMILES string of the molecule is CC1CCCC(O)(C2(C#N)CCCc3ccccc32)C1C. The van der Waals surface area contributed by atoms with Crippen LogP contribution in [0.5, 0.6) is 0 Å². The summed E-state index contributed by atoms with van der Waals surface area (Å²) in [6.45, 7) is 4.36. The van der Waals surface area contributed by atoms with Crippen LogP contribution in [0.2, 0.25) is 0 Å². The summed E-state index contributed by atoms with van der Waals surface area (Å²) >= 11 is 0. The van der Waals surface area contributed by atoms with Crippen LogP contribution in [0.15, 0.2) is 24.3 Å². The molecule has 0 bridgehead atoms. The lowest BCUT2D eigenvalue weighted by atomic mass is 9.53. The molecule has 1 fully saturated rings. The number of nitrogens with zero attached hydrogens (tertiary/aromatic N) is 1. The molecule has 2 heteroatoms. The molecule has 0 heterocycles. The number of nitriles is 1. The summed E-state index contributed by atoms with van der Waals surface area (Å²) in [5, 5.41) is 21.7. The van der Waals surface area contributed by atoms with E-state index in [2.05, 4.69) is 32.0 Å². The molecule has 2 nitrogen and oxygen atoms in total. The topological polar surface area (TPSA) is 44.0 Å². The Morgan fingerprint density at radius 1 is 1.19 bits per heavy atom. The Balaban J connectivity index is 2.16. The molecule has 0 aliphatic heterocycles. The van der Waals surface area contributed by atoms with Crippen LogP contribution in [0, 0.1) is 23.2 Å². The van der Waals surface area contributed by atoms with Crippen molar-refractivity contribution >= 4 is 0 Å². The van der Waals surface area contributed by atoms with E-state index in [-0.39, 0.29) is 5.92 Å². The fraction of sp³-hybridized carbons (Fsp3) is 0.632. The summed E-state index contributed by atoms with van der Waals surface area (Å²) in [6.07, 6.45) is 5.74. The number of aliphatic hydroxyl groups is 1. The maximum absolute atomic E-state index is 11.6. The van der Waals surface area contributed by atoms with E-state index in [1.165, 1.54) is 5.56 Å². The minimum atomic E-state index is -0.893. The highest BCUT2D eigenvalue weighted by Crippen LogP contribution is 2.53. The number of hydrogen-bond donors (Lipinski definition) is 1. The average Bonchev–Trinajstić information content (AvgIpc) is 2.51. The molecule has 0 aromatic heterocycles. The van der Waals surface area contributed by atoms with Crippen molar-refractivity contribution < 1.29 is 5.11 Å². The third kappa shape index (κ3) is 1.94. The number of hydrogen-bond acceptors (Lipinski definition) is 2. The monoisotopic (exact) mass is 283 g/mol. The van der Waals surface area contributed by atoms with Crippen LogP contribution in [-0.4, -0.2) is 10.7 Å². The van der Waals surface area contributed by atoms with Crippen LogP contribution in [0.4, 0.5) is 0 Å². The predicted molar refractivity (Wildman–Crippen MR) is 83.8 cm³/mol. The molecular formula is C19H25NO. The van der Waals surface area contributed by atoms with E-state index in [1.54, 1.807) is 0 Å². The van der Waals surface area contributed by atoms with Crippen LogP contribution in [0.3, 0.4) is 0 Å². The van der Waals surface area contributed by atoms with Crippen molar-refractivity contribution in [1.82, 2.24) is 0 Å². The maximum atomic E-state index is 11.6. The van der Waals surface area contributed by atoms with Gasteiger partial charge < -0.3 is 5.11 Å². The van der Waals surface area contributed by atoms with Crippen LogP contribution in [0.1, 0.15) is 57.1 Å². The van der Waals surface area contributed by atoms with Crippen LogP contribution >= 0.6 is 0 Å². The van der Waals surface area contributed by atoms with Gasteiger partial charge in [0, 0.05) is 0 Å². The van der Waals surface area contributed by atoms with Crippen molar-refractivity contribution in [2.24, 2.45) is 11.8 Å². The molecule has 1 saturated carbocycles. The zero-order valence-electron chi connectivity index (χ0n) is 13.1. The lowest BCUT2D eigenvalue weighted by molar-refractivity contribution is -0.110. The zero-order chi connectivity index (χ0) is 15.1. The summed E-state index contributed by atoms with van der Waals surface area (Å²) in [5.74, 6) is 0.639. The Morgan fingerprint density at radius 3 is 2.71 bits per heavy atom. The highest BCUT2D eigenvalue weighted by molar-refractivity contribution is 5.45. The summed E-state index contributed by atoms with van der Waals surface area (Å²) < 4.78 is 0. The van der Waals surface area contributed by atoms with Crippen LogP contribution in [0.25, 0.3) is 0 Å². The quantitative estimate of drug-likeness (QED) is 0.847. The van der Waals surface area contributed by atoms with Crippen molar-refractivity contribution in [1.29, 1.82) is 5.26 Å². The molecular weight excluding hydrogens is 258 g/mol. The fourth-order valence-corrected chi connectivity index (χ4v) is 4.74. The van der Waals surface area contributed by atoms with Gasteiger partial charge in [0.1, 0.15) is 5.41 Å². The first-order chi connectivity index (χ1) is 10.0. The van der Waals surface area contributed by atoms with Gasteiger partial charge in [-0.05, 0) is 48.6 Å². The summed E-state index contributed by atoms with van der Waals surface area (Å²) in [5.41, 5.74) is 0.720. The van der Waals surface area contributed by atoms with Crippen molar-refractivity contribution in [2.45, 2.75) is 63.4 Å². The molecule has 1 aromatic rings. The van der Waals surface area contributed by atoms with Gasteiger partial charge in [0.25, 0.3) is 0 Å². The van der Waals surface area contributed by atoms with Crippen molar-refractivity contribution in [3.05, 3.63) is 35.4 Å². The number of fused-ring (bicyclic) bond motifs is 1. The van der Waals surface area contributed by atoms with Crippen LogP contribution < -0.4 is 0 Å². The lowest BCUT2D eigenvalue weighted by Gasteiger charge is -2.53. The summed E-state index contributed by atoms with van der Waals surface area (Å²) in [6, 6.07) is 10.8. The molecule has 0 radical (unpaired) electrons. The van der Waals surface area contributed by atoms with E-state index in [0.29, 0.717) is 5.92 Å². The smallest absolute Gasteiger partial charge is 0.111 e. The van der Waals surface area contributed by atoms with E-state index < -0.39 is 11.0 Å². The molecule has 4 unspecified atom stereocenters. The largest absolute Gasteiger partial charge is 0.388 e. The molecule has 3 rings (SSSR count). The standard InChI is InChI=1S/C19H25NO/c1-14-7-5-12-19(21,15(14)2)18(13-20)11-6-9-16-8-3-4-10-17(16)18/h3-4,8,10,14-15,21H,5-7,9,11-12H2,1-2H3. The molecule has 0 spiro atoms. The fourth-order valence-electron chi connectivity index (χ4n) is 4.74. The molecule has 0 saturated heterocycles. The van der Waals surface area contributed by atoms with Gasteiger partial charge in [0.2, 0.25) is 0 Å². The molecule has 0 amide bonds. The van der Waals surface area contributed by atoms with Crippen molar-refractivity contribution in [3.8, 4) is 6.07 Å². The Labute approximate surface area is 127 Å². The predicted octanol–water partition coefficient (Wildman–Crippen LogP) is 3.97. The van der Waals surface area contributed by atoms with Gasteiger partial charge in [0.15, 0.2) is 0 Å². The van der Waals surface area contributed by atoms with Crippen molar-refractivity contribution in [3.63, 3.8) is 0 Å². The van der Waals surface area contributed by atoms with E-state index in [4.69, 9.17) is 0 Å². The highest BCUT2D eigenvalue weighted by atomic mass is 16.3. The number of benzene rings is 1. The van der Waals surface area contributed by atoms with E-state index in [1.807, 2.05) is 12.1 Å². The number of aryl methyl sites for hydroxylation is 1. The van der Waals surface area contributed by atoms with Crippen molar-refractivity contribution in [2.75, 3.05) is 0 Å². The molecule has 4 atom stereocenters. The van der Waals surface area contributed by atoms with E-state index in [0.717, 1.165) is 44.1 Å². The van der Waals surface area contributed by atoms with E-state index in [9.17, 15) is 10.4 Å². The van der Waals surface area contributed by atoms with Gasteiger partial charge in [-0.1, -0.05) is 51.0 Å². The molecule has 1 aromatic carbocycles. The first kappa shape index (κ1) is 14.6. The Kier molecular flexibility index (Phi) is 3.58. The van der Waals surface area contributed by atoms with Gasteiger partial charge in [0.05, 0.1) is 11.7 Å². The molecule has 21 heavy (non-hydrogen) atoms. The van der Waals surface area contributed by atoms with Crippen LogP contribution in [-0.2, 0) is 11.8 Å². The molecule has 1 N–H and O–H groups in total. The van der Waals surface area contributed by atoms with Gasteiger partial charge >= 0.3 is 0 Å². The average molecular weight is 283 g/mol. The molecule has 112 valence electrons. The first-order valence-corrected chi connectivity index (χ1v) is 8.27. The highest BCUT2D eigenvalue weighted by Gasteiger charge is 2.58. The molecule has 2 aliphatic carbocycles. The Morgan fingerprint density at radius 2 is 1.95 bits per heavy atom. The lowest BCUT2D eigenvalue weighted by Crippen LogP contribution is -2.59. The first-order valence-electron chi connectivity index (χ1n) is 8.27. The normalized spacial score (nSPS) is 39.3. The third-order valence-electron chi connectivity index (χ3n) is 6.23. The van der Waals surface area contributed by atoms with Gasteiger partial charge in [-0.3, -0.25) is 0 Å². The van der Waals surface area contributed by atoms with Gasteiger partial charge in [-0.15, -0.1) is 0 Å². The second-order valence-electron chi connectivity index (χ2n) is 7.11. The van der Waals surface area contributed by atoms with Gasteiger partial charge in [-0.25, -0.2) is 0 Å². The summed E-state index contributed by atoms with van der Waals surface area (Å²) in [4.78, 5) is 0. The second kappa shape index (κ2) is 5.14. The summed E-state index contributed by atoms with van der Waals surface area (Å²) in [7, 11) is 0. The number of rotatable bonds is 1. The Bertz CT molecular complexity index is 575. The zero-order valence-corrected chi connectivity index (χ0v) is 13.1. The van der Waals surface area contributed by atoms with E-state index >= 15 is 0 Å².